The molecule has 8 aromatic carbocycles. The minimum absolute atomic E-state index is 0.0860. The van der Waals surface area contributed by atoms with Crippen molar-refractivity contribution in [3.8, 4) is 11.5 Å². The van der Waals surface area contributed by atoms with Crippen LogP contribution in [0.15, 0.2) is 211 Å². The number of phenols is 2. The third-order valence-corrected chi connectivity index (χ3v) is 21.4. The van der Waals surface area contributed by atoms with Crippen LogP contribution in [-0.2, 0) is 21.7 Å². The van der Waals surface area contributed by atoms with Gasteiger partial charge in [0.1, 0.15) is 11.5 Å². The van der Waals surface area contributed by atoms with Gasteiger partial charge in [0.25, 0.3) is 0 Å². The Kier molecular flexibility index (Phi) is 15.8. The molecule has 2 N–H and O–H groups in total. The van der Waals surface area contributed by atoms with Crippen LogP contribution in [0, 0.1) is 0 Å². The number of rotatable bonds is 12. The van der Waals surface area contributed by atoms with E-state index in [0.717, 1.165) is 34.9 Å². The van der Waals surface area contributed by atoms with Crippen molar-refractivity contribution >= 4 is 83.0 Å². The van der Waals surface area contributed by atoms with Crippen LogP contribution in [0.2, 0.25) is 0 Å². The van der Waals surface area contributed by atoms with Gasteiger partial charge < -0.3 is 10.2 Å². The zero-order chi connectivity index (χ0) is 50.9. The Hall–Kier alpha value is -4.73. The highest BCUT2D eigenvalue weighted by Gasteiger charge is 2.31. The summed E-state index contributed by atoms with van der Waals surface area (Å²) >= 11 is 5.02. The Balaban J connectivity index is 1.38. The molecule has 0 bridgehead atoms. The van der Waals surface area contributed by atoms with Crippen molar-refractivity contribution in [2.45, 2.75) is 134 Å². The van der Waals surface area contributed by atoms with E-state index in [1.165, 1.54) is 48.5 Å². The molecule has 0 aliphatic rings. The number of benzene rings is 8. The fourth-order valence-electron chi connectivity index (χ4n) is 8.37. The second kappa shape index (κ2) is 21.4. The molecule has 8 aromatic rings. The van der Waals surface area contributed by atoms with Crippen LogP contribution in [0.4, 0.5) is 0 Å². The van der Waals surface area contributed by atoms with E-state index >= 15 is 0 Å². The molecular weight excluding hydrogens is 959 g/mol. The van der Waals surface area contributed by atoms with E-state index in [0.29, 0.717) is 0 Å². The minimum Gasteiger partial charge on any atom is -0.507 e. The molecule has 364 valence electrons. The molecule has 0 aliphatic carbocycles. The summed E-state index contributed by atoms with van der Waals surface area (Å²) in [5.41, 5.74) is 4.15. The first-order chi connectivity index (χ1) is 33.6. The third-order valence-electron chi connectivity index (χ3n) is 12.6. The number of hydrogen-bond acceptors (Lipinski definition) is 5. The number of phenolic OH excluding ortho intramolecular Hbond substituents is 2. The first-order valence-electron chi connectivity index (χ1n) is 24.4. The molecule has 0 aliphatic heterocycles. The molecule has 0 atom stereocenters. The molecule has 0 fully saturated rings. The Morgan fingerprint density at radius 2 is 0.620 bits per heavy atom. The number of hydrogen-bond donors (Lipinski definition) is 2. The first kappa shape index (κ1) is 52.6. The van der Waals surface area contributed by atoms with Crippen LogP contribution in [0.3, 0.4) is 0 Å². The molecule has 0 saturated carbocycles. The fourth-order valence-corrected chi connectivity index (χ4v) is 17.4. The second-order valence-electron chi connectivity index (χ2n) is 22.3. The van der Waals surface area contributed by atoms with Gasteiger partial charge >= 0.3 is 0 Å². The van der Waals surface area contributed by atoms with Gasteiger partial charge in [0.2, 0.25) is 0 Å². The maximum atomic E-state index is 13.1. The lowest BCUT2D eigenvalue weighted by molar-refractivity contribution is 0.446. The fraction of sp³-hybridized carbons (Fsp3) is 0.250. The predicted molar refractivity (Wildman–Crippen MR) is 314 cm³/mol. The van der Waals surface area contributed by atoms with E-state index in [2.05, 4.69) is 253 Å². The highest BCUT2D eigenvalue weighted by Crippen LogP contribution is 2.51. The zero-order valence-corrected chi connectivity index (χ0v) is 47.6. The average molecular weight is 1030 g/mol. The Morgan fingerprint density at radius 1 is 0.310 bits per heavy atom. The first-order valence-corrected chi connectivity index (χ1v) is 29.6. The molecule has 0 saturated heterocycles. The van der Waals surface area contributed by atoms with E-state index in [1.54, 1.807) is 35.3 Å². The number of aromatic hydroxyl groups is 2. The molecule has 0 heterocycles. The summed E-state index contributed by atoms with van der Waals surface area (Å²) in [6.45, 7) is 27.1. The maximum absolute atomic E-state index is 13.1. The van der Waals surface area contributed by atoms with Gasteiger partial charge in [-0.05, 0) is 129 Å². The van der Waals surface area contributed by atoms with Crippen LogP contribution >= 0.6 is 51.1 Å². The monoisotopic (exact) mass is 1030 g/mol. The van der Waals surface area contributed by atoms with E-state index in [-0.39, 0.29) is 33.2 Å². The molecule has 2 nitrogen and oxygen atoms in total. The van der Waals surface area contributed by atoms with Crippen molar-refractivity contribution < 1.29 is 10.2 Å². The minimum atomic E-state index is -1.13. The summed E-state index contributed by atoms with van der Waals surface area (Å²) in [4.78, 5) is 5.82. The molecule has 7 heteroatoms. The zero-order valence-electron chi connectivity index (χ0n) is 43.3. The lowest BCUT2D eigenvalue weighted by Gasteiger charge is -2.29. The van der Waals surface area contributed by atoms with Crippen molar-refractivity contribution in [1.29, 1.82) is 0 Å². The van der Waals surface area contributed by atoms with E-state index in [4.69, 9.17) is 0 Å². The van der Waals surface area contributed by atoms with E-state index in [1.807, 2.05) is 12.1 Å². The molecule has 0 aromatic heterocycles. The van der Waals surface area contributed by atoms with Gasteiger partial charge in [0, 0.05) is 20.0 Å². The highest BCUT2D eigenvalue weighted by molar-refractivity contribution is 8.02. The predicted octanol–water partition coefficient (Wildman–Crippen LogP) is 16.3. The summed E-state index contributed by atoms with van der Waals surface area (Å²) < 4.78 is 0. The lowest BCUT2D eigenvalue weighted by atomic mass is 9.87. The van der Waals surface area contributed by atoms with E-state index in [9.17, 15) is 10.2 Å². The standard InChI is InChI=1S/C64H68O2P2S3/c1-61(2,3)43-33-35-51(65)53(37-43)69-57-41-46(64(10,11)12)42-58(60(57)68(49-29-21-15-22-30-49)50-31-23-16-24-32-50)71-56-40-45(63(7,8)9)39-55(59(56)66)70-54-38-44(62(4,5)6)34-36-52(54)67(47-25-17-13-18-26-47)48-27-19-14-20-28-48/h13-42,65-66H,1-12H3. The smallest absolute Gasteiger partial charge is 0.143 e. The Morgan fingerprint density at radius 3 is 1.01 bits per heavy atom. The van der Waals surface area contributed by atoms with Crippen LogP contribution in [0.1, 0.15) is 105 Å². The van der Waals surface area contributed by atoms with Crippen LogP contribution in [-0.4, -0.2) is 10.2 Å². The largest absolute Gasteiger partial charge is 0.507 e. The van der Waals surface area contributed by atoms with Crippen LogP contribution in [0.5, 0.6) is 11.5 Å². The lowest BCUT2D eigenvalue weighted by Crippen LogP contribution is -2.25. The topological polar surface area (TPSA) is 40.5 Å². The van der Waals surface area contributed by atoms with Crippen molar-refractivity contribution in [2.24, 2.45) is 0 Å². The highest BCUT2D eigenvalue weighted by atomic mass is 32.2. The summed E-state index contributed by atoms with van der Waals surface area (Å²) in [6, 6.07) is 65.9. The normalized spacial score (nSPS) is 12.5. The molecule has 0 unspecified atom stereocenters. The molecule has 0 spiro atoms. The van der Waals surface area contributed by atoms with Crippen molar-refractivity contribution in [1.82, 2.24) is 0 Å². The van der Waals surface area contributed by atoms with E-state index < -0.39 is 15.8 Å². The second-order valence-corrected chi connectivity index (χ2v) is 29.9. The summed E-state index contributed by atoms with van der Waals surface area (Å²) in [6.07, 6.45) is 0. The average Bonchev–Trinajstić information content (AvgIpc) is 3.32. The SMILES string of the molecule is CC(C)(C)c1ccc(O)c(Sc2cc(C(C)(C)C)cc(Sc3cc(C(C)(C)C)cc(Sc4cc(C(C)(C)C)ccc4P(c4ccccc4)c4ccccc4)c3O)c2P(c2ccccc2)c2ccccc2)c1. The molecule has 71 heavy (non-hydrogen) atoms. The van der Waals surface area contributed by atoms with Gasteiger partial charge in [-0.1, -0.05) is 258 Å². The van der Waals surface area contributed by atoms with Crippen LogP contribution in [0.25, 0.3) is 0 Å². The maximum Gasteiger partial charge on any atom is 0.143 e. The van der Waals surface area contributed by atoms with Gasteiger partial charge in [0.15, 0.2) is 0 Å². The van der Waals surface area contributed by atoms with Gasteiger partial charge in [-0.25, -0.2) is 0 Å². The van der Waals surface area contributed by atoms with Crippen molar-refractivity contribution in [2.75, 3.05) is 0 Å². The quantitative estimate of drug-likeness (QED) is 0.119. The Bertz CT molecular complexity index is 3030. The Labute approximate surface area is 440 Å². The molecule has 8 rings (SSSR count). The summed E-state index contributed by atoms with van der Waals surface area (Å²) in [5.74, 6) is 0.549. The van der Waals surface area contributed by atoms with Crippen molar-refractivity contribution in [3.63, 3.8) is 0 Å². The van der Waals surface area contributed by atoms with Crippen molar-refractivity contribution in [3.05, 3.63) is 204 Å². The van der Waals surface area contributed by atoms with Gasteiger partial charge in [-0.15, -0.1) is 0 Å². The molecular formula is C64H68O2P2S3. The summed E-state index contributed by atoms with van der Waals surface area (Å²) in [5, 5.41) is 32.2. The van der Waals surface area contributed by atoms with Crippen LogP contribution < -0.4 is 31.8 Å². The van der Waals surface area contributed by atoms with Gasteiger partial charge in [0.05, 0.1) is 14.7 Å². The van der Waals surface area contributed by atoms with Gasteiger partial charge in [-0.2, -0.15) is 0 Å². The third kappa shape index (κ3) is 12.4. The summed E-state index contributed by atoms with van der Waals surface area (Å²) in [7, 11) is -2.07. The van der Waals surface area contributed by atoms with Gasteiger partial charge in [-0.3, -0.25) is 0 Å². The molecule has 0 radical (unpaired) electrons. The molecule has 0 amide bonds.